The first-order chi connectivity index (χ1) is 5.39. The number of halogens is 3. The molecule has 0 saturated heterocycles. The van der Waals surface area contributed by atoms with Gasteiger partial charge in [0.2, 0.25) is 0 Å². The van der Waals surface area contributed by atoms with Gasteiger partial charge in [0.15, 0.2) is 3.79 Å². The third-order valence-electron chi connectivity index (χ3n) is 0.940. The highest BCUT2D eigenvalue weighted by Crippen LogP contribution is 2.23. The summed E-state index contributed by atoms with van der Waals surface area (Å²) in [4.78, 5) is 0. The summed E-state index contributed by atoms with van der Waals surface area (Å²) >= 11 is 15.2. The molecule has 0 aliphatic rings. The van der Waals surface area contributed by atoms with Crippen LogP contribution < -0.4 is 0 Å². The Balaban J connectivity index is 0.000000217. The average Bonchev–Trinajstić information content (AvgIpc) is 1.85. The van der Waals surface area contributed by atoms with Crippen molar-refractivity contribution < 1.29 is 0 Å². The number of aryl methyl sites for hydroxylation is 1. The van der Waals surface area contributed by atoms with E-state index in [1.54, 1.807) is 0 Å². The molecule has 0 nitrogen and oxygen atoms in total. The van der Waals surface area contributed by atoms with Gasteiger partial charge in [-0.3, -0.25) is 0 Å². The van der Waals surface area contributed by atoms with E-state index in [0.29, 0.717) is 0 Å². The summed E-state index contributed by atoms with van der Waals surface area (Å²) in [6.45, 7) is 3.57. The van der Waals surface area contributed by atoms with Crippen LogP contribution in [0.3, 0.4) is 0 Å². The van der Waals surface area contributed by atoms with Crippen LogP contribution in [0.1, 0.15) is 12.5 Å². The molecule has 0 fully saturated rings. The average molecular weight is 226 g/mol. The summed E-state index contributed by atoms with van der Waals surface area (Å²) in [5.74, 6) is 0. The van der Waals surface area contributed by atoms with Crippen LogP contribution in [0.25, 0.3) is 0 Å². The third kappa shape index (κ3) is 12.7. The highest BCUT2D eigenvalue weighted by atomic mass is 35.6. The van der Waals surface area contributed by atoms with Gasteiger partial charge in [-0.2, -0.15) is 0 Å². The summed E-state index contributed by atoms with van der Waals surface area (Å²) in [7, 11) is 0. The van der Waals surface area contributed by atoms with Gasteiger partial charge >= 0.3 is 0 Å². The molecule has 1 aromatic carbocycles. The number of rotatable bonds is 0. The lowest BCUT2D eigenvalue weighted by Crippen LogP contribution is -1.87. The number of benzene rings is 1. The molecule has 0 unspecified atom stereocenters. The van der Waals surface area contributed by atoms with Gasteiger partial charge in [0.1, 0.15) is 0 Å². The maximum Gasteiger partial charge on any atom is 0.187 e. The molecular formula is C9H11Cl3. The van der Waals surface area contributed by atoms with Crippen molar-refractivity contribution >= 4 is 34.8 Å². The van der Waals surface area contributed by atoms with Crippen LogP contribution in [-0.2, 0) is 0 Å². The summed E-state index contributed by atoms with van der Waals surface area (Å²) in [6, 6.07) is 10.3. The molecular weight excluding hydrogens is 214 g/mol. The molecule has 0 aliphatic carbocycles. The Morgan fingerprint density at radius 2 is 1.33 bits per heavy atom. The van der Waals surface area contributed by atoms with Gasteiger partial charge in [-0.15, -0.1) is 0 Å². The Labute approximate surface area is 88.4 Å². The van der Waals surface area contributed by atoms with Crippen LogP contribution in [-0.4, -0.2) is 3.79 Å². The molecule has 0 aromatic heterocycles. The van der Waals surface area contributed by atoms with Gasteiger partial charge in [0.05, 0.1) is 0 Å². The molecule has 0 N–H and O–H groups in total. The Kier molecular flexibility index (Phi) is 5.73. The molecule has 0 amide bonds. The summed E-state index contributed by atoms with van der Waals surface area (Å²) in [6.07, 6.45) is 0. The fraction of sp³-hybridized carbons (Fsp3) is 0.333. The first-order valence-corrected chi connectivity index (χ1v) is 4.61. The highest BCUT2D eigenvalue weighted by molar-refractivity contribution is 6.67. The van der Waals surface area contributed by atoms with E-state index < -0.39 is 3.79 Å². The van der Waals surface area contributed by atoms with E-state index in [4.69, 9.17) is 34.8 Å². The highest BCUT2D eigenvalue weighted by Gasteiger charge is 2.07. The predicted octanol–water partition coefficient (Wildman–Crippen LogP) is 4.37. The van der Waals surface area contributed by atoms with Gasteiger partial charge in [0.25, 0.3) is 0 Å². The van der Waals surface area contributed by atoms with Gasteiger partial charge in [0, 0.05) is 0 Å². The summed E-state index contributed by atoms with van der Waals surface area (Å²) in [5.41, 5.74) is 1.32. The van der Waals surface area contributed by atoms with E-state index in [0.717, 1.165) is 0 Å². The molecule has 12 heavy (non-hydrogen) atoms. The van der Waals surface area contributed by atoms with Crippen LogP contribution in [0.5, 0.6) is 0 Å². The Hall–Kier alpha value is 0.0900. The molecule has 3 heteroatoms. The zero-order valence-electron chi connectivity index (χ0n) is 7.02. The Morgan fingerprint density at radius 3 is 1.50 bits per heavy atom. The van der Waals surface area contributed by atoms with E-state index in [9.17, 15) is 0 Å². The van der Waals surface area contributed by atoms with Gasteiger partial charge in [-0.1, -0.05) is 70.7 Å². The minimum absolute atomic E-state index is 1.08. The van der Waals surface area contributed by atoms with Crippen molar-refractivity contribution in [1.29, 1.82) is 0 Å². The van der Waals surface area contributed by atoms with Gasteiger partial charge in [-0.25, -0.2) is 0 Å². The predicted molar refractivity (Wildman–Crippen MR) is 57.1 cm³/mol. The van der Waals surface area contributed by atoms with Crippen LogP contribution in [0.4, 0.5) is 0 Å². The molecule has 0 radical (unpaired) electrons. The smallest absolute Gasteiger partial charge is 0.0840 e. The minimum atomic E-state index is -1.08. The maximum atomic E-state index is 5.06. The third-order valence-corrected chi connectivity index (χ3v) is 0.940. The van der Waals surface area contributed by atoms with E-state index >= 15 is 0 Å². The molecule has 0 spiro atoms. The zero-order chi connectivity index (χ0) is 9.61. The number of alkyl halides is 3. The molecule has 0 saturated carbocycles. The fourth-order valence-electron chi connectivity index (χ4n) is 0.534. The topological polar surface area (TPSA) is 0 Å². The standard InChI is InChI=1S/C7H8.C2H3Cl3/c1-7-5-3-2-4-6-7;1-2(3,4)5/h2-6H,1H3;1H3. The van der Waals surface area contributed by atoms with Crippen molar-refractivity contribution in [3.63, 3.8) is 0 Å². The van der Waals surface area contributed by atoms with Crippen molar-refractivity contribution in [2.75, 3.05) is 0 Å². The monoisotopic (exact) mass is 224 g/mol. The van der Waals surface area contributed by atoms with Crippen LogP contribution >= 0.6 is 34.8 Å². The SMILES string of the molecule is CC(Cl)(Cl)Cl.Cc1ccccc1. The van der Waals surface area contributed by atoms with Crippen molar-refractivity contribution in [2.24, 2.45) is 0 Å². The first-order valence-electron chi connectivity index (χ1n) is 3.48. The van der Waals surface area contributed by atoms with E-state index in [1.165, 1.54) is 12.5 Å². The zero-order valence-corrected chi connectivity index (χ0v) is 9.29. The normalized spacial score (nSPS) is 10.1. The van der Waals surface area contributed by atoms with Gasteiger partial charge in [-0.05, 0) is 13.8 Å². The van der Waals surface area contributed by atoms with E-state index in [2.05, 4.69) is 19.1 Å². The van der Waals surface area contributed by atoms with Crippen molar-refractivity contribution in [3.05, 3.63) is 35.9 Å². The van der Waals surface area contributed by atoms with Crippen molar-refractivity contribution in [3.8, 4) is 0 Å². The lowest BCUT2D eigenvalue weighted by atomic mass is 10.2. The second kappa shape index (κ2) is 5.69. The van der Waals surface area contributed by atoms with E-state index in [1.807, 2.05) is 18.2 Å². The largest absolute Gasteiger partial charge is 0.187 e. The Bertz CT molecular complexity index is 195. The minimum Gasteiger partial charge on any atom is -0.0840 e. The molecule has 0 bridgehead atoms. The molecule has 0 aliphatic heterocycles. The van der Waals surface area contributed by atoms with Crippen LogP contribution in [0, 0.1) is 6.92 Å². The van der Waals surface area contributed by atoms with Crippen LogP contribution in [0.2, 0.25) is 0 Å². The molecule has 68 valence electrons. The van der Waals surface area contributed by atoms with Crippen molar-refractivity contribution in [2.45, 2.75) is 17.6 Å². The molecule has 1 rings (SSSR count). The fourth-order valence-corrected chi connectivity index (χ4v) is 0.534. The van der Waals surface area contributed by atoms with Crippen LogP contribution in [0.15, 0.2) is 30.3 Å². The second-order valence-electron chi connectivity index (χ2n) is 2.44. The number of hydrogen-bond donors (Lipinski definition) is 0. The van der Waals surface area contributed by atoms with Gasteiger partial charge < -0.3 is 0 Å². The lowest BCUT2D eigenvalue weighted by molar-refractivity contribution is 1.27. The first kappa shape index (κ1) is 12.1. The summed E-state index contributed by atoms with van der Waals surface area (Å²) in [5, 5.41) is 0. The summed E-state index contributed by atoms with van der Waals surface area (Å²) < 4.78 is -1.08. The van der Waals surface area contributed by atoms with Crippen molar-refractivity contribution in [1.82, 2.24) is 0 Å². The molecule has 0 heterocycles. The van der Waals surface area contributed by atoms with E-state index in [-0.39, 0.29) is 0 Å². The molecule has 0 atom stereocenters. The molecule has 1 aromatic rings. The maximum absolute atomic E-state index is 5.06. The second-order valence-corrected chi connectivity index (χ2v) is 5.28. The quantitative estimate of drug-likeness (QED) is 0.575. The number of hydrogen-bond acceptors (Lipinski definition) is 0. The Morgan fingerprint density at radius 1 is 1.00 bits per heavy atom. The lowest BCUT2D eigenvalue weighted by Gasteiger charge is -1.94.